The van der Waals surface area contributed by atoms with Crippen LogP contribution in [-0.4, -0.2) is 43.8 Å². The number of hydrogen-bond donors (Lipinski definition) is 3. The van der Waals surface area contributed by atoms with Crippen LogP contribution in [0, 0.1) is 5.92 Å². The zero-order valence-corrected chi connectivity index (χ0v) is 14.3. The van der Waals surface area contributed by atoms with E-state index >= 15 is 0 Å². The molecule has 1 fully saturated rings. The van der Waals surface area contributed by atoms with Gasteiger partial charge in [0.1, 0.15) is 12.4 Å². The van der Waals surface area contributed by atoms with E-state index in [0.29, 0.717) is 31.2 Å². The first-order chi connectivity index (χ1) is 11.9. The first-order valence-electron chi connectivity index (χ1n) is 8.05. The van der Waals surface area contributed by atoms with E-state index in [1.807, 2.05) is 0 Å². The van der Waals surface area contributed by atoms with E-state index in [2.05, 4.69) is 15.0 Å². The Bertz CT molecular complexity index is 826. The minimum Gasteiger partial charge on any atom is -0.481 e. The van der Waals surface area contributed by atoms with Crippen molar-refractivity contribution in [3.8, 4) is 0 Å². The molecule has 9 heteroatoms. The Kier molecular flexibility index (Phi) is 4.76. The lowest BCUT2D eigenvalue weighted by Crippen LogP contribution is -2.40. The molecule has 0 bridgehead atoms. The summed E-state index contributed by atoms with van der Waals surface area (Å²) in [6.07, 6.45) is 2.33. The van der Waals surface area contributed by atoms with Crippen molar-refractivity contribution in [1.29, 1.82) is 0 Å². The molecule has 0 radical (unpaired) electrons. The van der Waals surface area contributed by atoms with Crippen LogP contribution in [0.15, 0.2) is 34.2 Å². The van der Waals surface area contributed by atoms with Crippen molar-refractivity contribution in [3.63, 3.8) is 0 Å². The molecule has 0 atom stereocenters. The molecular weight excluding hydrogens is 346 g/mol. The van der Waals surface area contributed by atoms with Crippen LogP contribution in [-0.2, 0) is 19.6 Å². The van der Waals surface area contributed by atoms with Crippen LogP contribution >= 0.6 is 0 Å². The van der Waals surface area contributed by atoms with Crippen molar-refractivity contribution in [2.45, 2.75) is 36.6 Å². The zero-order chi connectivity index (χ0) is 18.0. The predicted molar refractivity (Wildman–Crippen MR) is 89.7 cm³/mol. The molecule has 1 aliphatic carbocycles. The van der Waals surface area contributed by atoms with Crippen molar-refractivity contribution in [2.75, 3.05) is 6.54 Å². The van der Waals surface area contributed by atoms with Gasteiger partial charge in [-0.2, -0.15) is 0 Å². The summed E-state index contributed by atoms with van der Waals surface area (Å²) in [7, 11) is -3.61. The second-order valence-electron chi connectivity index (χ2n) is 6.22. The van der Waals surface area contributed by atoms with Crippen molar-refractivity contribution < 1.29 is 23.1 Å². The van der Waals surface area contributed by atoms with Gasteiger partial charge in [-0.3, -0.25) is 19.3 Å². The predicted octanol–water partition coefficient (Wildman–Crippen LogP) is 0.485. The molecule has 0 spiro atoms. The summed E-state index contributed by atoms with van der Waals surface area (Å²) in [4.78, 5) is 27.2. The average Bonchev–Trinajstić information content (AvgIpc) is 2.85. The number of carbonyl (C=O) groups excluding carboxylic acids is 1. The molecule has 1 aromatic carbocycles. The number of benzene rings is 1. The molecule has 1 amide bonds. The van der Waals surface area contributed by atoms with E-state index in [4.69, 9.17) is 5.11 Å². The molecule has 1 saturated carbocycles. The number of nitrogens with one attached hydrogen (secondary N) is 2. The molecule has 0 unspecified atom stereocenters. The van der Waals surface area contributed by atoms with E-state index in [1.165, 1.54) is 6.07 Å². The van der Waals surface area contributed by atoms with Gasteiger partial charge in [0, 0.05) is 11.6 Å². The van der Waals surface area contributed by atoms with Gasteiger partial charge in [0.2, 0.25) is 5.91 Å². The molecule has 1 heterocycles. The van der Waals surface area contributed by atoms with E-state index < -0.39 is 16.0 Å². The number of carboxylic acid groups (broad SMARTS) is 1. The second kappa shape index (κ2) is 6.83. The monoisotopic (exact) mass is 365 g/mol. The van der Waals surface area contributed by atoms with Crippen molar-refractivity contribution in [2.24, 2.45) is 10.9 Å². The lowest BCUT2D eigenvalue weighted by atomic mass is 9.86. The maximum absolute atomic E-state index is 12.0. The van der Waals surface area contributed by atoms with Crippen LogP contribution in [0.1, 0.15) is 31.2 Å². The number of hydrogen-bond acceptors (Lipinski definition) is 5. The molecule has 3 rings (SSSR count). The largest absolute Gasteiger partial charge is 0.481 e. The minimum absolute atomic E-state index is 0.0594. The summed E-state index contributed by atoms with van der Waals surface area (Å²) in [5, 5.41) is 11.8. The number of rotatable bonds is 4. The van der Waals surface area contributed by atoms with E-state index in [1.54, 1.807) is 18.2 Å². The highest BCUT2D eigenvalue weighted by Crippen LogP contribution is 2.24. The summed E-state index contributed by atoms with van der Waals surface area (Å²) in [5.74, 6) is -1.27. The molecule has 0 saturated heterocycles. The topological polar surface area (TPSA) is 125 Å². The first-order valence-corrected chi connectivity index (χ1v) is 9.54. The van der Waals surface area contributed by atoms with Crippen LogP contribution in [0.5, 0.6) is 0 Å². The summed E-state index contributed by atoms with van der Waals surface area (Å²) >= 11 is 0. The van der Waals surface area contributed by atoms with Gasteiger partial charge >= 0.3 is 5.97 Å². The smallest absolute Gasteiger partial charge is 0.306 e. The Balaban J connectivity index is 1.58. The van der Waals surface area contributed by atoms with E-state index in [9.17, 15) is 18.0 Å². The number of nitrogens with zero attached hydrogens (tertiary/aromatic N) is 1. The lowest BCUT2D eigenvalue weighted by molar-refractivity contribution is -0.142. The molecule has 25 heavy (non-hydrogen) atoms. The summed E-state index contributed by atoms with van der Waals surface area (Å²) in [6.45, 7) is -0.189. The third-order valence-corrected chi connectivity index (χ3v) is 5.88. The quantitative estimate of drug-likeness (QED) is 0.716. The van der Waals surface area contributed by atoms with Crippen LogP contribution in [0.25, 0.3) is 0 Å². The Morgan fingerprint density at radius 2 is 1.88 bits per heavy atom. The molecule has 0 aromatic heterocycles. The third kappa shape index (κ3) is 3.81. The molecular formula is C16H19N3O5S. The number of carboxylic acids is 1. The highest BCUT2D eigenvalue weighted by molar-refractivity contribution is 7.90. The van der Waals surface area contributed by atoms with Crippen LogP contribution < -0.4 is 10.0 Å². The van der Waals surface area contributed by atoms with Gasteiger partial charge < -0.3 is 10.4 Å². The van der Waals surface area contributed by atoms with Gasteiger partial charge in [-0.1, -0.05) is 12.1 Å². The van der Waals surface area contributed by atoms with Gasteiger partial charge in [0.05, 0.1) is 10.8 Å². The number of aliphatic imine (C=N–C) groups is 1. The number of fused-ring (bicyclic) bond motifs is 1. The molecule has 8 nitrogen and oxygen atoms in total. The van der Waals surface area contributed by atoms with Crippen LogP contribution in [0.2, 0.25) is 0 Å². The standard InChI is InChI=1S/C16H19N3O5S/c20-14(18-11-7-5-10(6-8-11)16(21)22)9-17-15-12-3-1-2-4-13(12)25(23,24)19-15/h1-4,10-11H,5-9H2,(H,17,19)(H,18,20)(H,21,22). The van der Waals surface area contributed by atoms with Crippen molar-refractivity contribution in [3.05, 3.63) is 29.8 Å². The van der Waals surface area contributed by atoms with Gasteiger partial charge in [0.15, 0.2) is 0 Å². The fraction of sp³-hybridized carbons (Fsp3) is 0.438. The number of amidine groups is 1. The zero-order valence-electron chi connectivity index (χ0n) is 13.4. The Labute approximate surface area is 145 Å². The van der Waals surface area contributed by atoms with Crippen LogP contribution in [0.3, 0.4) is 0 Å². The van der Waals surface area contributed by atoms with Crippen molar-refractivity contribution >= 4 is 27.7 Å². The van der Waals surface area contributed by atoms with Gasteiger partial charge in [-0.25, -0.2) is 8.42 Å². The maximum atomic E-state index is 12.0. The molecule has 1 aliphatic heterocycles. The Morgan fingerprint density at radius 1 is 1.20 bits per heavy atom. The number of aliphatic carboxylic acids is 1. The highest BCUT2D eigenvalue weighted by atomic mass is 32.2. The van der Waals surface area contributed by atoms with Crippen LogP contribution in [0.4, 0.5) is 0 Å². The lowest BCUT2D eigenvalue weighted by Gasteiger charge is -2.26. The number of carbonyl (C=O) groups is 2. The molecule has 2 aliphatic rings. The maximum Gasteiger partial charge on any atom is 0.306 e. The van der Waals surface area contributed by atoms with E-state index in [0.717, 1.165) is 0 Å². The molecule has 1 aromatic rings. The Hall–Kier alpha value is -2.42. The van der Waals surface area contributed by atoms with Gasteiger partial charge in [-0.05, 0) is 37.8 Å². The fourth-order valence-electron chi connectivity index (χ4n) is 3.16. The highest BCUT2D eigenvalue weighted by Gasteiger charge is 2.30. The summed E-state index contributed by atoms with van der Waals surface area (Å²) < 4.78 is 26.3. The van der Waals surface area contributed by atoms with Gasteiger partial charge in [0.25, 0.3) is 10.0 Å². The van der Waals surface area contributed by atoms with Gasteiger partial charge in [-0.15, -0.1) is 0 Å². The fourth-order valence-corrected chi connectivity index (χ4v) is 4.41. The first kappa shape index (κ1) is 17.4. The minimum atomic E-state index is -3.61. The molecule has 134 valence electrons. The normalized spacial score (nSPS) is 25.8. The Morgan fingerprint density at radius 3 is 2.56 bits per heavy atom. The van der Waals surface area contributed by atoms with Crippen molar-refractivity contribution in [1.82, 2.24) is 10.0 Å². The number of sulfonamides is 1. The average molecular weight is 365 g/mol. The number of amides is 1. The SMILES string of the molecule is O=C(CN=C1NS(=O)(=O)c2ccccc21)NC1CCC(C(=O)O)CC1. The summed E-state index contributed by atoms with van der Waals surface area (Å²) in [6, 6.07) is 6.40. The third-order valence-electron chi connectivity index (χ3n) is 4.49. The van der Waals surface area contributed by atoms with E-state index in [-0.39, 0.29) is 35.1 Å². The molecule has 3 N–H and O–H groups in total. The summed E-state index contributed by atoms with van der Waals surface area (Å²) in [5.41, 5.74) is 0.456. The second-order valence-corrected chi connectivity index (χ2v) is 7.87.